The van der Waals surface area contributed by atoms with Crippen LogP contribution in [0, 0.1) is 6.92 Å². The van der Waals surface area contributed by atoms with Crippen LogP contribution in [-0.4, -0.2) is 38.4 Å². The zero-order chi connectivity index (χ0) is 13.1. The van der Waals surface area contributed by atoms with Crippen molar-refractivity contribution in [2.75, 3.05) is 7.11 Å². The molecular formula is C11H12N4O3. The molecular weight excluding hydrogens is 236 g/mol. The first kappa shape index (κ1) is 12.0. The summed E-state index contributed by atoms with van der Waals surface area (Å²) in [4.78, 5) is 11.8. The number of carboxylic acid groups (broad SMARTS) is 1. The molecule has 1 aromatic carbocycles. The molecule has 0 bridgehead atoms. The second-order valence-electron chi connectivity index (χ2n) is 3.72. The van der Waals surface area contributed by atoms with Gasteiger partial charge in [-0.05, 0) is 35.9 Å². The minimum atomic E-state index is -0.986. The number of carboxylic acids is 1. The molecule has 1 N–H and O–H groups in total. The quantitative estimate of drug-likeness (QED) is 0.852. The number of aryl methyl sites for hydroxylation is 1. The Bertz CT molecular complexity index is 579. The van der Waals surface area contributed by atoms with Crippen LogP contribution in [0.2, 0.25) is 0 Å². The van der Waals surface area contributed by atoms with Crippen LogP contribution in [0.25, 0.3) is 5.69 Å². The Labute approximate surface area is 103 Å². The van der Waals surface area contributed by atoms with Crippen molar-refractivity contribution >= 4 is 5.97 Å². The second-order valence-corrected chi connectivity index (χ2v) is 3.72. The van der Waals surface area contributed by atoms with Crippen molar-refractivity contribution in [2.24, 2.45) is 0 Å². The smallest absolute Gasteiger partial charge is 0.311 e. The lowest BCUT2D eigenvalue weighted by Crippen LogP contribution is -2.03. The average Bonchev–Trinajstić information content (AvgIpc) is 2.76. The predicted octanol–water partition coefficient (Wildman–Crippen LogP) is 0.606. The molecule has 2 aromatic rings. The van der Waals surface area contributed by atoms with Crippen LogP contribution < -0.4 is 4.74 Å². The molecule has 0 aliphatic carbocycles. The Morgan fingerprint density at radius 1 is 1.50 bits per heavy atom. The van der Waals surface area contributed by atoms with Crippen LogP contribution >= 0.6 is 0 Å². The van der Waals surface area contributed by atoms with Gasteiger partial charge in [-0.1, -0.05) is 0 Å². The highest BCUT2D eigenvalue weighted by Crippen LogP contribution is 2.19. The van der Waals surface area contributed by atoms with E-state index in [1.807, 2.05) is 13.0 Å². The lowest BCUT2D eigenvalue weighted by atomic mass is 10.2. The van der Waals surface area contributed by atoms with E-state index >= 15 is 0 Å². The van der Waals surface area contributed by atoms with Gasteiger partial charge in [-0.15, -0.1) is 15.0 Å². The number of tetrazole rings is 1. The number of nitrogens with zero attached hydrogens (tertiary/aromatic N) is 4. The standard InChI is InChI=1S/C11H12N4O3/c1-7-5-8(3-4-9(7)18-2)15-13-10(12-14-15)6-11(16)17/h3-5H,6H2,1-2H3,(H,16,17). The highest BCUT2D eigenvalue weighted by atomic mass is 16.5. The lowest BCUT2D eigenvalue weighted by molar-refractivity contribution is -0.136. The zero-order valence-electron chi connectivity index (χ0n) is 9.99. The highest BCUT2D eigenvalue weighted by Gasteiger charge is 2.09. The molecule has 7 nitrogen and oxygen atoms in total. The first-order valence-electron chi connectivity index (χ1n) is 5.26. The molecule has 1 aromatic heterocycles. The SMILES string of the molecule is COc1ccc(-n2nnc(CC(=O)O)n2)cc1C. The number of rotatable bonds is 4. The van der Waals surface area contributed by atoms with Crippen LogP contribution in [0.15, 0.2) is 18.2 Å². The maximum absolute atomic E-state index is 10.5. The average molecular weight is 248 g/mol. The van der Waals surface area contributed by atoms with Crippen molar-refractivity contribution in [3.05, 3.63) is 29.6 Å². The molecule has 0 saturated heterocycles. The van der Waals surface area contributed by atoms with Crippen molar-refractivity contribution in [3.63, 3.8) is 0 Å². The molecule has 0 spiro atoms. The summed E-state index contributed by atoms with van der Waals surface area (Å²) < 4.78 is 5.15. The van der Waals surface area contributed by atoms with Gasteiger partial charge < -0.3 is 9.84 Å². The molecule has 0 fully saturated rings. The normalized spacial score (nSPS) is 10.3. The van der Waals surface area contributed by atoms with Gasteiger partial charge in [0.15, 0.2) is 5.82 Å². The van der Waals surface area contributed by atoms with E-state index in [2.05, 4.69) is 15.4 Å². The Kier molecular flexibility index (Phi) is 3.22. The summed E-state index contributed by atoms with van der Waals surface area (Å²) in [6, 6.07) is 5.41. The van der Waals surface area contributed by atoms with Gasteiger partial charge in [0.05, 0.1) is 12.8 Å². The Balaban J connectivity index is 2.28. The summed E-state index contributed by atoms with van der Waals surface area (Å²) in [5.74, 6) is -0.0407. The van der Waals surface area contributed by atoms with Crippen LogP contribution in [0.5, 0.6) is 5.75 Å². The van der Waals surface area contributed by atoms with E-state index in [4.69, 9.17) is 9.84 Å². The lowest BCUT2D eigenvalue weighted by Gasteiger charge is -2.05. The second kappa shape index (κ2) is 4.82. The van der Waals surface area contributed by atoms with Crippen LogP contribution in [0.1, 0.15) is 11.4 Å². The summed E-state index contributed by atoms with van der Waals surface area (Å²) in [5, 5.41) is 20.1. The number of aromatic nitrogens is 4. The molecule has 94 valence electrons. The Hall–Kier alpha value is -2.44. The van der Waals surface area contributed by atoms with Crippen molar-refractivity contribution < 1.29 is 14.6 Å². The number of hydrogen-bond acceptors (Lipinski definition) is 5. The fourth-order valence-electron chi connectivity index (χ4n) is 1.55. The molecule has 0 atom stereocenters. The van der Waals surface area contributed by atoms with E-state index in [0.29, 0.717) is 5.69 Å². The number of carbonyl (C=O) groups is 1. The molecule has 0 unspecified atom stereocenters. The van der Waals surface area contributed by atoms with E-state index < -0.39 is 5.97 Å². The maximum atomic E-state index is 10.5. The van der Waals surface area contributed by atoms with Crippen LogP contribution in [-0.2, 0) is 11.2 Å². The summed E-state index contributed by atoms with van der Waals surface area (Å²) in [6.45, 7) is 1.90. The molecule has 1 heterocycles. The molecule has 7 heteroatoms. The molecule has 0 saturated carbocycles. The maximum Gasteiger partial charge on any atom is 0.311 e. The topological polar surface area (TPSA) is 90.1 Å². The van der Waals surface area contributed by atoms with E-state index in [0.717, 1.165) is 11.3 Å². The first-order valence-corrected chi connectivity index (χ1v) is 5.26. The third-order valence-electron chi connectivity index (χ3n) is 2.37. The van der Waals surface area contributed by atoms with Crippen molar-refractivity contribution in [2.45, 2.75) is 13.3 Å². The highest BCUT2D eigenvalue weighted by molar-refractivity contribution is 5.68. The van der Waals surface area contributed by atoms with Gasteiger partial charge in [0.1, 0.15) is 12.2 Å². The Morgan fingerprint density at radius 3 is 2.89 bits per heavy atom. The third-order valence-corrected chi connectivity index (χ3v) is 2.37. The Morgan fingerprint density at radius 2 is 2.28 bits per heavy atom. The number of aliphatic carboxylic acids is 1. The van der Waals surface area contributed by atoms with Crippen LogP contribution in [0.4, 0.5) is 0 Å². The fraction of sp³-hybridized carbons (Fsp3) is 0.273. The summed E-state index contributed by atoms with van der Waals surface area (Å²) in [7, 11) is 1.60. The van der Waals surface area contributed by atoms with E-state index in [1.54, 1.807) is 19.2 Å². The zero-order valence-corrected chi connectivity index (χ0v) is 9.99. The van der Waals surface area contributed by atoms with Gasteiger partial charge in [-0.25, -0.2) is 0 Å². The third kappa shape index (κ3) is 2.45. The van der Waals surface area contributed by atoms with Gasteiger partial charge in [-0.3, -0.25) is 4.79 Å². The minimum Gasteiger partial charge on any atom is -0.496 e. The number of benzene rings is 1. The summed E-state index contributed by atoms with van der Waals surface area (Å²) in [5.41, 5.74) is 1.64. The van der Waals surface area contributed by atoms with Crippen molar-refractivity contribution in [1.82, 2.24) is 20.2 Å². The van der Waals surface area contributed by atoms with Crippen molar-refractivity contribution in [3.8, 4) is 11.4 Å². The molecule has 0 amide bonds. The van der Waals surface area contributed by atoms with Gasteiger partial charge in [0.25, 0.3) is 0 Å². The van der Waals surface area contributed by atoms with Gasteiger partial charge in [-0.2, -0.15) is 0 Å². The number of methoxy groups -OCH3 is 1. The van der Waals surface area contributed by atoms with E-state index in [9.17, 15) is 4.79 Å². The van der Waals surface area contributed by atoms with E-state index in [1.165, 1.54) is 4.80 Å². The first-order chi connectivity index (χ1) is 8.60. The molecule has 18 heavy (non-hydrogen) atoms. The van der Waals surface area contributed by atoms with Gasteiger partial charge >= 0.3 is 5.97 Å². The number of hydrogen-bond donors (Lipinski definition) is 1. The molecule has 2 rings (SSSR count). The van der Waals surface area contributed by atoms with Crippen LogP contribution in [0.3, 0.4) is 0 Å². The fourth-order valence-corrected chi connectivity index (χ4v) is 1.55. The van der Waals surface area contributed by atoms with Crippen molar-refractivity contribution in [1.29, 1.82) is 0 Å². The molecule has 0 aliphatic rings. The van der Waals surface area contributed by atoms with Gasteiger partial charge in [0, 0.05) is 0 Å². The van der Waals surface area contributed by atoms with E-state index in [-0.39, 0.29) is 12.2 Å². The summed E-state index contributed by atoms with van der Waals surface area (Å²) in [6.07, 6.45) is -0.241. The largest absolute Gasteiger partial charge is 0.496 e. The molecule has 0 aliphatic heterocycles. The van der Waals surface area contributed by atoms with Gasteiger partial charge in [0.2, 0.25) is 0 Å². The minimum absolute atomic E-state index is 0.177. The monoisotopic (exact) mass is 248 g/mol. The predicted molar refractivity (Wildman–Crippen MR) is 61.8 cm³/mol. The number of ether oxygens (including phenoxy) is 1. The molecule has 0 radical (unpaired) electrons. The summed E-state index contributed by atoms with van der Waals surface area (Å²) >= 11 is 0.